The molecule has 2 aliphatic carbocycles. The highest BCUT2D eigenvalue weighted by atomic mass is 14.9. The molecule has 1 aromatic carbocycles. The first-order valence-electron chi connectivity index (χ1n) is 7.80. The number of rotatable bonds is 5. The minimum Gasteiger partial charge on any atom is -0.382 e. The van der Waals surface area contributed by atoms with Gasteiger partial charge in [0.15, 0.2) is 0 Å². The maximum Gasteiger partial charge on any atom is 0.0342 e. The predicted octanol–water partition coefficient (Wildman–Crippen LogP) is 4.65. The molecule has 1 saturated carbocycles. The van der Waals surface area contributed by atoms with Crippen molar-refractivity contribution >= 4 is 5.69 Å². The Hall–Kier alpha value is -1.24. The van der Waals surface area contributed by atoms with Crippen molar-refractivity contribution < 1.29 is 0 Å². The molecule has 2 aliphatic rings. The zero-order valence-electron chi connectivity index (χ0n) is 12.1. The average Bonchev–Trinajstić information content (AvgIpc) is 3.04. The summed E-state index contributed by atoms with van der Waals surface area (Å²) in [4.78, 5) is 0. The van der Waals surface area contributed by atoms with Crippen molar-refractivity contribution in [1.29, 1.82) is 0 Å². The van der Waals surface area contributed by atoms with Gasteiger partial charge in [-0.15, -0.1) is 0 Å². The van der Waals surface area contributed by atoms with Gasteiger partial charge in [0.25, 0.3) is 0 Å². The highest BCUT2D eigenvalue weighted by Gasteiger charge is 2.38. The summed E-state index contributed by atoms with van der Waals surface area (Å²) >= 11 is 0. The lowest BCUT2D eigenvalue weighted by atomic mass is 9.87. The molecule has 4 atom stereocenters. The van der Waals surface area contributed by atoms with Gasteiger partial charge < -0.3 is 5.32 Å². The zero-order chi connectivity index (χ0) is 13.2. The monoisotopic (exact) mass is 255 g/mol. The van der Waals surface area contributed by atoms with Gasteiger partial charge >= 0.3 is 0 Å². The molecule has 0 radical (unpaired) electrons. The van der Waals surface area contributed by atoms with E-state index in [0.29, 0.717) is 6.04 Å². The van der Waals surface area contributed by atoms with Gasteiger partial charge in [-0.25, -0.2) is 0 Å². The van der Waals surface area contributed by atoms with Crippen LogP contribution in [-0.2, 0) is 6.42 Å². The van der Waals surface area contributed by atoms with E-state index in [2.05, 4.69) is 55.6 Å². The SMILES string of the molecule is CCCc1ccc(NC(C)C2CC3C=CC2C3)cc1. The predicted molar refractivity (Wildman–Crippen MR) is 82.4 cm³/mol. The van der Waals surface area contributed by atoms with Crippen LogP contribution >= 0.6 is 0 Å². The molecule has 1 nitrogen and oxygen atoms in total. The molecule has 4 unspecified atom stereocenters. The van der Waals surface area contributed by atoms with E-state index >= 15 is 0 Å². The van der Waals surface area contributed by atoms with Crippen LogP contribution < -0.4 is 5.32 Å². The van der Waals surface area contributed by atoms with Gasteiger partial charge in [-0.05, 0) is 61.6 Å². The van der Waals surface area contributed by atoms with Crippen molar-refractivity contribution in [3.8, 4) is 0 Å². The summed E-state index contributed by atoms with van der Waals surface area (Å²) in [5, 5.41) is 3.70. The molecule has 0 heterocycles. The van der Waals surface area contributed by atoms with Crippen LogP contribution in [0.2, 0.25) is 0 Å². The summed E-state index contributed by atoms with van der Waals surface area (Å²) < 4.78 is 0. The van der Waals surface area contributed by atoms with Crippen LogP contribution in [0.25, 0.3) is 0 Å². The fraction of sp³-hybridized carbons (Fsp3) is 0.556. The Kier molecular flexibility index (Phi) is 3.63. The average molecular weight is 255 g/mol. The lowest BCUT2D eigenvalue weighted by molar-refractivity contribution is 0.400. The van der Waals surface area contributed by atoms with Crippen LogP contribution in [0.5, 0.6) is 0 Å². The molecule has 1 N–H and O–H groups in total. The normalized spacial score (nSPS) is 29.7. The molecule has 0 aliphatic heterocycles. The Bertz CT molecular complexity index is 445. The largest absolute Gasteiger partial charge is 0.382 e. The van der Waals surface area contributed by atoms with Crippen LogP contribution in [0.1, 0.15) is 38.7 Å². The fourth-order valence-electron chi connectivity index (χ4n) is 3.82. The van der Waals surface area contributed by atoms with Crippen molar-refractivity contribution in [3.63, 3.8) is 0 Å². The second-order valence-corrected chi connectivity index (χ2v) is 6.32. The van der Waals surface area contributed by atoms with Gasteiger partial charge in [0.1, 0.15) is 0 Å². The van der Waals surface area contributed by atoms with Gasteiger partial charge in [-0.2, -0.15) is 0 Å². The number of benzene rings is 1. The topological polar surface area (TPSA) is 12.0 Å². The van der Waals surface area contributed by atoms with Crippen LogP contribution in [0.3, 0.4) is 0 Å². The van der Waals surface area contributed by atoms with E-state index in [9.17, 15) is 0 Å². The first-order chi connectivity index (χ1) is 9.26. The summed E-state index contributed by atoms with van der Waals surface area (Å²) in [5.41, 5.74) is 2.72. The molecule has 0 aromatic heterocycles. The fourth-order valence-corrected chi connectivity index (χ4v) is 3.82. The molecule has 1 aromatic rings. The number of anilines is 1. The van der Waals surface area contributed by atoms with Gasteiger partial charge in [0, 0.05) is 11.7 Å². The smallest absolute Gasteiger partial charge is 0.0342 e. The van der Waals surface area contributed by atoms with Crippen molar-refractivity contribution in [3.05, 3.63) is 42.0 Å². The minimum absolute atomic E-state index is 0.581. The van der Waals surface area contributed by atoms with E-state index in [0.717, 1.165) is 17.8 Å². The Morgan fingerprint density at radius 3 is 2.53 bits per heavy atom. The van der Waals surface area contributed by atoms with E-state index in [1.807, 2.05) is 0 Å². The van der Waals surface area contributed by atoms with Crippen LogP contribution in [-0.4, -0.2) is 6.04 Å². The maximum absolute atomic E-state index is 3.70. The molecule has 1 fully saturated rings. The Morgan fingerprint density at radius 2 is 1.95 bits per heavy atom. The lowest BCUT2D eigenvalue weighted by Gasteiger charge is -2.27. The van der Waals surface area contributed by atoms with E-state index in [1.54, 1.807) is 0 Å². The summed E-state index contributed by atoms with van der Waals surface area (Å²) in [6.07, 6.45) is 10.1. The Balaban J connectivity index is 1.60. The molecule has 1 heteroatoms. The third-order valence-electron chi connectivity index (χ3n) is 4.86. The lowest BCUT2D eigenvalue weighted by Crippen LogP contribution is -2.28. The third-order valence-corrected chi connectivity index (χ3v) is 4.86. The minimum atomic E-state index is 0.581. The number of hydrogen-bond acceptors (Lipinski definition) is 1. The van der Waals surface area contributed by atoms with E-state index in [1.165, 1.54) is 36.9 Å². The van der Waals surface area contributed by atoms with Gasteiger partial charge in [-0.1, -0.05) is 37.6 Å². The van der Waals surface area contributed by atoms with E-state index in [-0.39, 0.29) is 0 Å². The highest BCUT2D eigenvalue weighted by Crippen LogP contribution is 2.45. The summed E-state index contributed by atoms with van der Waals surface area (Å²) in [6, 6.07) is 9.59. The van der Waals surface area contributed by atoms with Crippen LogP contribution in [0, 0.1) is 17.8 Å². The van der Waals surface area contributed by atoms with E-state index < -0.39 is 0 Å². The van der Waals surface area contributed by atoms with Gasteiger partial charge in [0.05, 0.1) is 0 Å². The maximum atomic E-state index is 3.70. The highest BCUT2D eigenvalue weighted by molar-refractivity contribution is 5.45. The van der Waals surface area contributed by atoms with Crippen molar-refractivity contribution in [2.45, 2.75) is 45.6 Å². The zero-order valence-corrected chi connectivity index (χ0v) is 12.1. The molecule has 19 heavy (non-hydrogen) atoms. The number of hydrogen-bond donors (Lipinski definition) is 1. The van der Waals surface area contributed by atoms with Gasteiger partial charge in [-0.3, -0.25) is 0 Å². The summed E-state index contributed by atoms with van der Waals surface area (Å²) in [6.45, 7) is 4.58. The van der Waals surface area contributed by atoms with Crippen LogP contribution in [0.15, 0.2) is 36.4 Å². The third kappa shape index (κ3) is 2.70. The quantitative estimate of drug-likeness (QED) is 0.755. The Labute approximate surface area is 117 Å². The number of allylic oxidation sites excluding steroid dienone is 2. The van der Waals surface area contributed by atoms with Crippen molar-refractivity contribution in [2.24, 2.45) is 17.8 Å². The molecule has 2 bridgehead atoms. The molecular formula is C18H25N. The standard InChI is InChI=1S/C18H25N/c1-3-4-14-6-9-17(10-7-14)19-13(2)18-12-15-5-8-16(18)11-15/h5-10,13,15-16,18-19H,3-4,11-12H2,1-2H3. The molecule has 0 spiro atoms. The Morgan fingerprint density at radius 1 is 1.16 bits per heavy atom. The number of fused-ring (bicyclic) bond motifs is 2. The first kappa shape index (κ1) is 12.8. The number of nitrogens with one attached hydrogen (secondary N) is 1. The first-order valence-corrected chi connectivity index (χ1v) is 7.80. The van der Waals surface area contributed by atoms with Crippen molar-refractivity contribution in [2.75, 3.05) is 5.32 Å². The molecule has 0 saturated heterocycles. The van der Waals surface area contributed by atoms with Crippen LogP contribution in [0.4, 0.5) is 5.69 Å². The summed E-state index contributed by atoms with van der Waals surface area (Å²) in [7, 11) is 0. The summed E-state index contributed by atoms with van der Waals surface area (Å²) in [5.74, 6) is 2.52. The molecule has 0 amide bonds. The van der Waals surface area contributed by atoms with Gasteiger partial charge in [0.2, 0.25) is 0 Å². The molecule has 102 valence electrons. The van der Waals surface area contributed by atoms with E-state index in [4.69, 9.17) is 0 Å². The molecule has 3 rings (SSSR count). The second-order valence-electron chi connectivity index (χ2n) is 6.32. The van der Waals surface area contributed by atoms with Crippen molar-refractivity contribution in [1.82, 2.24) is 0 Å². The number of aryl methyl sites for hydroxylation is 1. The molecular weight excluding hydrogens is 230 g/mol. The second kappa shape index (κ2) is 5.40.